The van der Waals surface area contributed by atoms with Crippen LogP contribution in [-0.2, 0) is 9.53 Å². The van der Waals surface area contributed by atoms with E-state index >= 15 is 0 Å². The van der Waals surface area contributed by atoms with Gasteiger partial charge in [0.05, 0.1) is 23.7 Å². The minimum atomic E-state index is -0.932. The first kappa shape index (κ1) is 32.0. The first-order chi connectivity index (χ1) is 20.5. The molecular weight excluding hydrogens is 548 g/mol. The molecule has 0 heterocycles. The minimum Gasteiger partial charge on any atom is -0.462 e. The lowest BCUT2D eigenvalue weighted by Crippen LogP contribution is -2.69. The predicted molar refractivity (Wildman–Crippen MR) is 174 cm³/mol. The summed E-state index contributed by atoms with van der Waals surface area (Å²) in [5.74, 6) is 0.393. The van der Waals surface area contributed by atoms with Crippen LogP contribution in [0.1, 0.15) is 105 Å². The summed E-state index contributed by atoms with van der Waals surface area (Å²) in [5.41, 5.74) is 1.01. The number of aliphatic hydroxyl groups is 3. The lowest BCUT2D eigenvalue weighted by atomic mass is 9.33. The smallest absolute Gasteiger partial charge is 0.330 e. The van der Waals surface area contributed by atoms with Crippen LogP contribution in [0.3, 0.4) is 0 Å². The van der Waals surface area contributed by atoms with Gasteiger partial charge in [0.25, 0.3) is 0 Å². The van der Waals surface area contributed by atoms with E-state index in [1.807, 2.05) is 30.3 Å². The van der Waals surface area contributed by atoms with Gasteiger partial charge in [-0.3, -0.25) is 0 Å². The van der Waals surface area contributed by atoms with Crippen molar-refractivity contribution in [2.45, 2.75) is 118 Å². The van der Waals surface area contributed by atoms with Gasteiger partial charge in [-0.15, -0.1) is 0 Å². The summed E-state index contributed by atoms with van der Waals surface area (Å²) < 4.78 is 5.94. The van der Waals surface area contributed by atoms with Crippen LogP contribution in [0.15, 0.2) is 48.1 Å². The molecule has 1 unspecified atom stereocenters. The standard InChI is InChI=1S/C39H56O5/c1-34(2)21-27-26-14-15-29-36(5)19-18-30(40)35(3,4)28(36)17-20-37(29,6)38(26,7)23-32(42)39(27,31(41)22-34)24-44-33(43)16-13-25-11-9-8-10-12-25/h8-14,16,27-32,40-42H,15,17-24H2,1-7H3/t27?,28-,29+,30-,31-,32+,36-,37+,38+,39+/m0/s1. The number of fused-ring (bicyclic) bond motifs is 7. The first-order valence-electron chi connectivity index (χ1n) is 17.2. The van der Waals surface area contributed by atoms with Crippen molar-refractivity contribution < 1.29 is 24.9 Å². The fourth-order valence-corrected chi connectivity index (χ4v) is 11.9. The van der Waals surface area contributed by atoms with Gasteiger partial charge >= 0.3 is 5.97 Å². The Morgan fingerprint density at radius 3 is 2.25 bits per heavy atom. The molecule has 0 saturated heterocycles. The number of hydrogen-bond acceptors (Lipinski definition) is 5. The van der Waals surface area contributed by atoms with E-state index < -0.39 is 23.6 Å². The molecule has 0 radical (unpaired) electrons. The molecule has 0 amide bonds. The monoisotopic (exact) mass is 604 g/mol. The number of carbonyl (C=O) groups is 1. The van der Waals surface area contributed by atoms with Crippen LogP contribution in [0.25, 0.3) is 6.08 Å². The third-order valence-electron chi connectivity index (χ3n) is 14.5. The molecule has 5 nitrogen and oxygen atoms in total. The molecule has 5 aliphatic carbocycles. The highest BCUT2D eigenvalue weighted by molar-refractivity contribution is 5.87. The largest absolute Gasteiger partial charge is 0.462 e. The third kappa shape index (κ3) is 4.53. The zero-order valence-corrected chi connectivity index (χ0v) is 28.1. The SMILES string of the molecule is CC1(C)CC2C3=CC[C@@H]4[C@@]5(C)CC[C@H](O)C(C)(C)[C@@H]5CC[C@@]4(C)[C@]3(C)C[C@@H](O)[C@@]2(COC(=O)C=Cc2ccccc2)[C@@H](O)C1. The van der Waals surface area contributed by atoms with Crippen molar-refractivity contribution in [2.24, 2.45) is 50.2 Å². The second kappa shape index (κ2) is 10.5. The van der Waals surface area contributed by atoms with E-state index in [0.29, 0.717) is 24.7 Å². The summed E-state index contributed by atoms with van der Waals surface area (Å²) in [5, 5.41) is 35.2. The second-order valence-electron chi connectivity index (χ2n) is 17.5. The molecule has 0 spiro atoms. The number of benzene rings is 1. The quantitative estimate of drug-likeness (QED) is 0.190. The average molecular weight is 605 g/mol. The molecule has 0 bridgehead atoms. The maximum absolute atomic E-state index is 13.0. The van der Waals surface area contributed by atoms with E-state index in [9.17, 15) is 20.1 Å². The molecular formula is C39H56O5. The fraction of sp³-hybridized carbons (Fsp3) is 0.718. The normalized spacial score (nSPS) is 45.7. The van der Waals surface area contributed by atoms with Crippen molar-refractivity contribution in [1.29, 1.82) is 0 Å². The topological polar surface area (TPSA) is 87.0 Å². The molecule has 10 atom stereocenters. The van der Waals surface area contributed by atoms with E-state index in [2.05, 4.69) is 54.5 Å². The highest BCUT2D eigenvalue weighted by Crippen LogP contribution is 2.75. The molecule has 3 N–H and O–H groups in total. The summed E-state index contributed by atoms with van der Waals surface area (Å²) in [4.78, 5) is 13.0. The molecule has 1 aromatic carbocycles. The second-order valence-corrected chi connectivity index (χ2v) is 17.5. The van der Waals surface area contributed by atoms with Gasteiger partial charge < -0.3 is 20.1 Å². The van der Waals surface area contributed by atoms with E-state index in [-0.39, 0.29) is 45.7 Å². The van der Waals surface area contributed by atoms with E-state index in [1.165, 1.54) is 11.6 Å². The Kier molecular flexibility index (Phi) is 7.67. The van der Waals surface area contributed by atoms with Crippen molar-refractivity contribution in [1.82, 2.24) is 0 Å². The molecule has 4 fully saturated rings. The third-order valence-corrected chi connectivity index (χ3v) is 14.5. The maximum atomic E-state index is 13.0. The summed E-state index contributed by atoms with van der Waals surface area (Å²) in [6, 6.07) is 9.67. The lowest BCUT2D eigenvalue weighted by Gasteiger charge is -2.72. The molecule has 242 valence electrons. The van der Waals surface area contributed by atoms with Crippen LogP contribution in [0.2, 0.25) is 0 Å². The van der Waals surface area contributed by atoms with Crippen molar-refractivity contribution in [2.75, 3.05) is 6.61 Å². The van der Waals surface area contributed by atoms with E-state index in [1.54, 1.807) is 6.08 Å². The Morgan fingerprint density at radius 2 is 1.55 bits per heavy atom. The van der Waals surface area contributed by atoms with Crippen molar-refractivity contribution in [3.8, 4) is 0 Å². The summed E-state index contributed by atoms with van der Waals surface area (Å²) >= 11 is 0. The molecule has 1 aromatic rings. The van der Waals surface area contributed by atoms with Gasteiger partial charge in [0.2, 0.25) is 0 Å². The Balaban J connectivity index is 1.36. The number of carbonyl (C=O) groups excluding carboxylic acids is 1. The number of ether oxygens (including phenoxy) is 1. The molecule has 0 aliphatic heterocycles. The van der Waals surface area contributed by atoms with E-state index in [4.69, 9.17) is 4.74 Å². The lowest BCUT2D eigenvalue weighted by molar-refractivity contribution is -0.237. The van der Waals surface area contributed by atoms with Crippen LogP contribution in [0, 0.1) is 50.2 Å². The molecule has 4 saturated carbocycles. The van der Waals surface area contributed by atoms with Gasteiger partial charge in [0, 0.05) is 6.08 Å². The number of esters is 1. The fourth-order valence-electron chi connectivity index (χ4n) is 11.9. The van der Waals surface area contributed by atoms with Gasteiger partial charge in [-0.2, -0.15) is 0 Å². The molecule has 5 aliphatic rings. The summed E-state index contributed by atoms with van der Waals surface area (Å²) in [6.45, 7) is 16.4. The van der Waals surface area contributed by atoms with Crippen LogP contribution < -0.4 is 0 Å². The first-order valence-corrected chi connectivity index (χ1v) is 17.2. The summed E-state index contributed by atoms with van der Waals surface area (Å²) in [6.07, 6.45) is 10.9. The molecule has 0 aromatic heterocycles. The van der Waals surface area contributed by atoms with Crippen molar-refractivity contribution in [3.63, 3.8) is 0 Å². The Bertz CT molecular complexity index is 1330. The van der Waals surface area contributed by atoms with Crippen molar-refractivity contribution in [3.05, 3.63) is 53.6 Å². The van der Waals surface area contributed by atoms with Crippen LogP contribution in [-0.4, -0.2) is 46.2 Å². The van der Waals surface area contributed by atoms with Crippen LogP contribution >= 0.6 is 0 Å². The maximum Gasteiger partial charge on any atom is 0.330 e. The van der Waals surface area contributed by atoms with Gasteiger partial charge in [-0.05, 0) is 108 Å². The zero-order chi connectivity index (χ0) is 31.9. The summed E-state index contributed by atoms with van der Waals surface area (Å²) in [7, 11) is 0. The van der Waals surface area contributed by atoms with Gasteiger partial charge in [-0.25, -0.2) is 4.79 Å². The average Bonchev–Trinajstić information content (AvgIpc) is 2.94. The number of rotatable bonds is 4. The predicted octanol–water partition coefficient (Wildman–Crippen LogP) is 7.35. The van der Waals surface area contributed by atoms with Crippen LogP contribution in [0.5, 0.6) is 0 Å². The van der Waals surface area contributed by atoms with Gasteiger partial charge in [0.1, 0.15) is 6.61 Å². The number of aliphatic hydroxyl groups excluding tert-OH is 3. The zero-order valence-electron chi connectivity index (χ0n) is 28.1. The highest BCUT2D eigenvalue weighted by atomic mass is 16.5. The molecule has 6 rings (SSSR count). The minimum absolute atomic E-state index is 0.00741. The van der Waals surface area contributed by atoms with Gasteiger partial charge in [-0.1, -0.05) is 90.4 Å². The molecule has 5 heteroatoms. The van der Waals surface area contributed by atoms with Crippen LogP contribution in [0.4, 0.5) is 0 Å². The highest BCUT2D eigenvalue weighted by Gasteiger charge is 2.71. The Hall–Kier alpha value is -1.95. The Morgan fingerprint density at radius 1 is 0.864 bits per heavy atom. The van der Waals surface area contributed by atoms with Crippen molar-refractivity contribution >= 4 is 12.0 Å². The number of allylic oxidation sites excluding steroid dienone is 2. The molecule has 44 heavy (non-hydrogen) atoms. The number of hydrogen-bond donors (Lipinski definition) is 3. The Labute approximate surface area is 265 Å². The van der Waals surface area contributed by atoms with Gasteiger partial charge in [0.15, 0.2) is 0 Å². The van der Waals surface area contributed by atoms with E-state index in [0.717, 1.165) is 44.1 Å².